The Morgan fingerprint density at radius 1 is 1.04 bits per heavy atom. The molecule has 126 valence electrons. The van der Waals surface area contributed by atoms with Gasteiger partial charge in [-0.2, -0.15) is 0 Å². The minimum Gasteiger partial charge on any atom is -0.480 e. The fourth-order valence-corrected chi connectivity index (χ4v) is 2.34. The van der Waals surface area contributed by atoms with Crippen LogP contribution in [0.1, 0.15) is 11.1 Å². The van der Waals surface area contributed by atoms with E-state index in [1.807, 2.05) is 30.3 Å². The van der Waals surface area contributed by atoms with Crippen LogP contribution in [0.2, 0.25) is 0 Å². The number of aliphatic carboxylic acids is 1. The zero-order valence-corrected chi connectivity index (χ0v) is 13.0. The molecule has 0 aromatic heterocycles. The number of amides is 1. The molecule has 0 heterocycles. The van der Waals surface area contributed by atoms with E-state index in [1.54, 1.807) is 6.07 Å². The Balaban J connectivity index is 1.99. The SMILES string of the molecule is NC(Cc1ccccc1)C(=O)N[C@@H](Cc1cccc(F)c1)C(=O)O. The molecule has 0 fully saturated rings. The molecule has 5 nitrogen and oxygen atoms in total. The van der Waals surface area contributed by atoms with Crippen LogP contribution in [0.15, 0.2) is 54.6 Å². The molecule has 0 saturated heterocycles. The van der Waals surface area contributed by atoms with Crippen molar-refractivity contribution in [3.63, 3.8) is 0 Å². The van der Waals surface area contributed by atoms with Gasteiger partial charge >= 0.3 is 5.97 Å². The Morgan fingerprint density at radius 3 is 2.33 bits per heavy atom. The van der Waals surface area contributed by atoms with Crippen LogP contribution < -0.4 is 11.1 Å². The molecule has 0 radical (unpaired) electrons. The minimum absolute atomic E-state index is 0.0170. The summed E-state index contributed by atoms with van der Waals surface area (Å²) in [5.74, 6) is -2.20. The van der Waals surface area contributed by atoms with Crippen molar-refractivity contribution in [3.05, 3.63) is 71.5 Å². The summed E-state index contributed by atoms with van der Waals surface area (Å²) in [7, 11) is 0. The van der Waals surface area contributed by atoms with Gasteiger partial charge in [-0.3, -0.25) is 4.79 Å². The van der Waals surface area contributed by atoms with Gasteiger partial charge in [0.1, 0.15) is 11.9 Å². The third-order valence-corrected chi connectivity index (χ3v) is 3.58. The van der Waals surface area contributed by atoms with Gasteiger partial charge in [0.15, 0.2) is 0 Å². The standard InChI is InChI=1S/C18H19FN2O3/c19-14-8-4-7-13(9-14)11-16(18(23)24)21-17(22)15(20)10-12-5-2-1-3-6-12/h1-9,15-16H,10-11,20H2,(H,21,22)(H,23,24)/t15?,16-/m0/s1. The van der Waals surface area contributed by atoms with E-state index in [-0.39, 0.29) is 6.42 Å². The molecule has 6 heteroatoms. The van der Waals surface area contributed by atoms with Crippen LogP contribution in [-0.4, -0.2) is 29.1 Å². The Labute approximate surface area is 139 Å². The van der Waals surface area contributed by atoms with Gasteiger partial charge in [0.2, 0.25) is 5.91 Å². The number of nitrogens with one attached hydrogen (secondary N) is 1. The first-order valence-corrected chi connectivity index (χ1v) is 7.53. The monoisotopic (exact) mass is 330 g/mol. The van der Waals surface area contributed by atoms with E-state index < -0.39 is 29.8 Å². The number of hydrogen-bond donors (Lipinski definition) is 3. The smallest absolute Gasteiger partial charge is 0.326 e. The molecule has 0 aliphatic heterocycles. The maximum atomic E-state index is 13.2. The number of hydrogen-bond acceptors (Lipinski definition) is 3. The summed E-state index contributed by atoms with van der Waals surface area (Å²) in [6, 6.07) is 12.8. The second kappa shape index (κ2) is 8.21. The lowest BCUT2D eigenvalue weighted by atomic mass is 10.0. The maximum absolute atomic E-state index is 13.2. The lowest BCUT2D eigenvalue weighted by Crippen LogP contribution is -2.50. The molecule has 2 aromatic carbocycles. The largest absolute Gasteiger partial charge is 0.480 e. The number of halogens is 1. The van der Waals surface area contributed by atoms with Crippen molar-refractivity contribution >= 4 is 11.9 Å². The number of benzene rings is 2. The van der Waals surface area contributed by atoms with E-state index in [9.17, 15) is 19.1 Å². The molecular weight excluding hydrogens is 311 g/mol. The molecule has 0 spiro atoms. The van der Waals surface area contributed by atoms with Crippen LogP contribution >= 0.6 is 0 Å². The van der Waals surface area contributed by atoms with Crippen molar-refractivity contribution in [2.24, 2.45) is 5.73 Å². The summed E-state index contributed by atoms with van der Waals surface area (Å²) in [6.45, 7) is 0. The third-order valence-electron chi connectivity index (χ3n) is 3.58. The average Bonchev–Trinajstić information content (AvgIpc) is 2.55. The number of carbonyl (C=O) groups excluding carboxylic acids is 1. The lowest BCUT2D eigenvalue weighted by Gasteiger charge is -2.18. The highest BCUT2D eigenvalue weighted by molar-refractivity contribution is 5.87. The van der Waals surface area contributed by atoms with Gasteiger partial charge < -0.3 is 16.2 Å². The van der Waals surface area contributed by atoms with Crippen molar-refractivity contribution in [2.75, 3.05) is 0 Å². The van der Waals surface area contributed by atoms with Crippen molar-refractivity contribution < 1.29 is 19.1 Å². The molecular formula is C18H19FN2O3. The summed E-state index contributed by atoms with van der Waals surface area (Å²) in [6.07, 6.45) is 0.288. The Bertz CT molecular complexity index is 706. The first kappa shape index (κ1) is 17.6. The summed E-state index contributed by atoms with van der Waals surface area (Å²) in [5.41, 5.74) is 7.22. The highest BCUT2D eigenvalue weighted by Crippen LogP contribution is 2.08. The van der Waals surface area contributed by atoms with E-state index in [2.05, 4.69) is 5.32 Å². The zero-order chi connectivity index (χ0) is 17.5. The van der Waals surface area contributed by atoms with Gasteiger partial charge in [-0.15, -0.1) is 0 Å². The Morgan fingerprint density at radius 2 is 1.71 bits per heavy atom. The molecule has 0 saturated carbocycles. The van der Waals surface area contributed by atoms with Crippen molar-refractivity contribution in [1.82, 2.24) is 5.32 Å². The number of carbonyl (C=O) groups is 2. The summed E-state index contributed by atoms with van der Waals surface area (Å²) < 4.78 is 13.2. The zero-order valence-electron chi connectivity index (χ0n) is 13.0. The predicted octanol–water partition coefficient (Wildman–Crippen LogP) is 1.51. The molecule has 2 atom stereocenters. The van der Waals surface area contributed by atoms with Crippen LogP contribution in [0.5, 0.6) is 0 Å². The molecule has 0 aliphatic rings. The molecule has 4 N–H and O–H groups in total. The molecule has 1 amide bonds. The minimum atomic E-state index is -1.19. The van der Waals surface area contributed by atoms with Crippen molar-refractivity contribution in [3.8, 4) is 0 Å². The highest BCUT2D eigenvalue weighted by Gasteiger charge is 2.23. The van der Waals surface area contributed by atoms with Crippen LogP contribution in [0.25, 0.3) is 0 Å². The maximum Gasteiger partial charge on any atom is 0.326 e. The number of nitrogens with two attached hydrogens (primary N) is 1. The number of rotatable bonds is 7. The van der Waals surface area contributed by atoms with Gasteiger partial charge in [-0.05, 0) is 29.7 Å². The van der Waals surface area contributed by atoms with E-state index in [4.69, 9.17) is 5.73 Å². The molecule has 0 bridgehead atoms. The topological polar surface area (TPSA) is 92.4 Å². The van der Waals surface area contributed by atoms with Crippen molar-refractivity contribution in [1.29, 1.82) is 0 Å². The summed E-state index contributed by atoms with van der Waals surface area (Å²) in [5, 5.41) is 11.7. The van der Waals surface area contributed by atoms with Gasteiger partial charge in [-0.1, -0.05) is 42.5 Å². The Kier molecular flexibility index (Phi) is 6.03. The lowest BCUT2D eigenvalue weighted by molar-refractivity contribution is -0.141. The number of carboxylic acids is 1. The first-order chi connectivity index (χ1) is 11.5. The fraction of sp³-hybridized carbons (Fsp3) is 0.222. The molecule has 2 aromatic rings. The molecule has 0 aliphatic carbocycles. The van der Waals surface area contributed by atoms with E-state index in [0.29, 0.717) is 12.0 Å². The highest BCUT2D eigenvalue weighted by atomic mass is 19.1. The van der Waals surface area contributed by atoms with Gasteiger partial charge in [0, 0.05) is 6.42 Å². The Hall–Kier alpha value is -2.73. The third kappa shape index (κ3) is 5.17. The summed E-state index contributed by atoms with van der Waals surface area (Å²) in [4.78, 5) is 23.5. The van der Waals surface area contributed by atoms with Crippen LogP contribution in [0.3, 0.4) is 0 Å². The van der Waals surface area contributed by atoms with Crippen molar-refractivity contribution in [2.45, 2.75) is 24.9 Å². The van der Waals surface area contributed by atoms with Gasteiger partial charge in [0.25, 0.3) is 0 Å². The normalized spacial score (nSPS) is 13.1. The van der Waals surface area contributed by atoms with Gasteiger partial charge in [0.05, 0.1) is 6.04 Å². The number of carboxylic acid groups (broad SMARTS) is 1. The van der Waals surface area contributed by atoms with Crippen LogP contribution in [0, 0.1) is 5.82 Å². The fourth-order valence-electron chi connectivity index (χ4n) is 2.34. The van der Waals surface area contributed by atoms with E-state index in [0.717, 1.165) is 5.56 Å². The predicted molar refractivity (Wildman–Crippen MR) is 87.8 cm³/mol. The molecule has 24 heavy (non-hydrogen) atoms. The summed E-state index contributed by atoms with van der Waals surface area (Å²) >= 11 is 0. The average molecular weight is 330 g/mol. The molecule has 1 unspecified atom stereocenters. The van der Waals surface area contributed by atoms with E-state index in [1.165, 1.54) is 18.2 Å². The second-order valence-corrected chi connectivity index (χ2v) is 5.53. The second-order valence-electron chi connectivity index (χ2n) is 5.53. The quantitative estimate of drug-likeness (QED) is 0.717. The van der Waals surface area contributed by atoms with Crippen LogP contribution in [-0.2, 0) is 22.4 Å². The van der Waals surface area contributed by atoms with E-state index >= 15 is 0 Å². The first-order valence-electron chi connectivity index (χ1n) is 7.53. The molecule has 2 rings (SSSR count). The van der Waals surface area contributed by atoms with Gasteiger partial charge in [-0.25, -0.2) is 9.18 Å². The van der Waals surface area contributed by atoms with Crippen LogP contribution in [0.4, 0.5) is 4.39 Å².